The minimum atomic E-state index is -0.0924. The highest BCUT2D eigenvalue weighted by Gasteiger charge is 2.21. The summed E-state index contributed by atoms with van der Waals surface area (Å²) in [6.45, 7) is 11.4. The van der Waals surface area contributed by atoms with E-state index in [0.717, 1.165) is 24.2 Å². The largest absolute Gasteiger partial charge is 0.345 e. The van der Waals surface area contributed by atoms with Gasteiger partial charge in [0.25, 0.3) is 5.91 Å². The van der Waals surface area contributed by atoms with Gasteiger partial charge in [-0.05, 0) is 36.8 Å². The number of aryl methyl sites for hydroxylation is 1. The van der Waals surface area contributed by atoms with Crippen LogP contribution in [0.4, 0.5) is 0 Å². The van der Waals surface area contributed by atoms with E-state index < -0.39 is 0 Å². The first-order chi connectivity index (χ1) is 11.4. The third kappa shape index (κ3) is 4.43. The van der Waals surface area contributed by atoms with Crippen LogP contribution in [0.5, 0.6) is 0 Å². The van der Waals surface area contributed by atoms with Crippen molar-refractivity contribution in [3.05, 3.63) is 47.5 Å². The molecule has 0 aromatic carbocycles. The Hall–Kier alpha value is -2.17. The molecule has 0 fully saturated rings. The molecule has 2 heterocycles. The summed E-state index contributed by atoms with van der Waals surface area (Å²) in [5.41, 5.74) is 2.67. The zero-order valence-corrected chi connectivity index (χ0v) is 15.3. The van der Waals surface area contributed by atoms with E-state index in [2.05, 4.69) is 43.1 Å². The molecule has 5 nitrogen and oxygen atoms in total. The Morgan fingerprint density at radius 3 is 2.54 bits per heavy atom. The number of nitrogens with zero attached hydrogens (tertiary/aromatic N) is 3. The molecule has 2 aromatic rings. The summed E-state index contributed by atoms with van der Waals surface area (Å²) in [4.78, 5) is 16.8. The zero-order valence-electron chi connectivity index (χ0n) is 15.3. The molecule has 0 saturated carbocycles. The molecule has 130 valence electrons. The van der Waals surface area contributed by atoms with E-state index >= 15 is 0 Å². The number of carbonyl (C=O) groups is 1. The molecule has 5 heteroatoms. The van der Waals surface area contributed by atoms with Gasteiger partial charge in [-0.3, -0.25) is 14.5 Å². The average molecular weight is 328 g/mol. The van der Waals surface area contributed by atoms with Crippen molar-refractivity contribution in [3.63, 3.8) is 0 Å². The SMILES string of the molecule is CC(C)CCn1ncc(C(=O)N[C@@H](C)c2cccnc2)c1C(C)C. The number of carbonyl (C=O) groups excluding carboxylic acids is 1. The van der Waals surface area contributed by atoms with Crippen molar-refractivity contribution in [2.75, 3.05) is 0 Å². The molecule has 0 aliphatic carbocycles. The highest BCUT2D eigenvalue weighted by Crippen LogP contribution is 2.21. The summed E-state index contributed by atoms with van der Waals surface area (Å²) < 4.78 is 1.98. The summed E-state index contributed by atoms with van der Waals surface area (Å²) in [6, 6.07) is 3.75. The molecule has 2 rings (SSSR count). The topological polar surface area (TPSA) is 59.8 Å². The van der Waals surface area contributed by atoms with Crippen molar-refractivity contribution < 1.29 is 4.79 Å². The molecule has 1 atom stereocenters. The van der Waals surface area contributed by atoms with Crippen molar-refractivity contribution in [1.29, 1.82) is 0 Å². The predicted molar refractivity (Wildman–Crippen MR) is 95.9 cm³/mol. The van der Waals surface area contributed by atoms with Gasteiger partial charge in [0.1, 0.15) is 0 Å². The van der Waals surface area contributed by atoms with Crippen LogP contribution in [0.2, 0.25) is 0 Å². The lowest BCUT2D eigenvalue weighted by molar-refractivity contribution is 0.0938. The fourth-order valence-electron chi connectivity index (χ4n) is 2.73. The highest BCUT2D eigenvalue weighted by molar-refractivity contribution is 5.95. The maximum absolute atomic E-state index is 12.7. The second-order valence-electron chi connectivity index (χ2n) is 6.99. The van der Waals surface area contributed by atoms with Crippen molar-refractivity contribution >= 4 is 5.91 Å². The quantitative estimate of drug-likeness (QED) is 0.837. The molecule has 0 radical (unpaired) electrons. The second-order valence-corrected chi connectivity index (χ2v) is 6.99. The third-order valence-electron chi connectivity index (χ3n) is 4.12. The number of aromatic nitrogens is 3. The van der Waals surface area contributed by atoms with Crippen LogP contribution in [0.3, 0.4) is 0 Å². The van der Waals surface area contributed by atoms with Crippen molar-refractivity contribution in [1.82, 2.24) is 20.1 Å². The molecule has 0 bridgehead atoms. The van der Waals surface area contributed by atoms with E-state index in [1.165, 1.54) is 0 Å². The summed E-state index contributed by atoms with van der Waals surface area (Å²) in [5, 5.41) is 7.51. The Kier molecular flexibility index (Phi) is 6.12. The van der Waals surface area contributed by atoms with Crippen molar-refractivity contribution in [2.45, 2.75) is 59.5 Å². The molecule has 0 aliphatic rings. The minimum Gasteiger partial charge on any atom is -0.345 e. The lowest BCUT2D eigenvalue weighted by Crippen LogP contribution is -2.27. The number of amides is 1. The van der Waals surface area contributed by atoms with Gasteiger partial charge in [0.15, 0.2) is 0 Å². The van der Waals surface area contributed by atoms with Crippen LogP contribution >= 0.6 is 0 Å². The monoisotopic (exact) mass is 328 g/mol. The summed E-state index contributed by atoms with van der Waals surface area (Å²) in [6.07, 6.45) is 6.25. The molecular weight excluding hydrogens is 300 g/mol. The molecule has 0 saturated heterocycles. The predicted octanol–water partition coefficient (Wildman–Crippen LogP) is 3.94. The Morgan fingerprint density at radius 2 is 1.96 bits per heavy atom. The minimum absolute atomic E-state index is 0.0779. The molecule has 1 amide bonds. The summed E-state index contributed by atoms with van der Waals surface area (Å²) in [7, 11) is 0. The molecule has 0 aliphatic heterocycles. The maximum atomic E-state index is 12.7. The molecule has 2 aromatic heterocycles. The van der Waals surface area contributed by atoms with E-state index in [-0.39, 0.29) is 17.9 Å². The molecular formula is C19H28N4O. The van der Waals surface area contributed by atoms with Gasteiger partial charge < -0.3 is 5.32 Å². The van der Waals surface area contributed by atoms with Gasteiger partial charge in [-0.25, -0.2) is 0 Å². The summed E-state index contributed by atoms with van der Waals surface area (Å²) >= 11 is 0. The van der Waals surface area contributed by atoms with Gasteiger partial charge in [-0.15, -0.1) is 0 Å². The van der Waals surface area contributed by atoms with Crippen LogP contribution in [-0.4, -0.2) is 20.7 Å². The third-order valence-corrected chi connectivity index (χ3v) is 4.12. The van der Waals surface area contributed by atoms with Crippen LogP contribution in [0.1, 0.15) is 74.6 Å². The lowest BCUT2D eigenvalue weighted by atomic mass is 10.0. The Bertz CT molecular complexity index is 661. The van der Waals surface area contributed by atoms with Gasteiger partial charge in [-0.2, -0.15) is 5.10 Å². The van der Waals surface area contributed by atoms with Crippen LogP contribution in [0, 0.1) is 5.92 Å². The number of hydrogen-bond acceptors (Lipinski definition) is 3. The van der Waals surface area contributed by atoms with E-state index in [1.54, 1.807) is 18.6 Å². The Morgan fingerprint density at radius 1 is 1.21 bits per heavy atom. The van der Waals surface area contributed by atoms with Crippen LogP contribution in [-0.2, 0) is 6.54 Å². The number of rotatable bonds is 7. The fourth-order valence-corrected chi connectivity index (χ4v) is 2.73. The number of nitrogens with one attached hydrogen (secondary N) is 1. The van der Waals surface area contributed by atoms with Crippen LogP contribution in [0.15, 0.2) is 30.7 Å². The maximum Gasteiger partial charge on any atom is 0.255 e. The molecule has 0 unspecified atom stereocenters. The lowest BCUT2D eigenvalue weighted by Gasteiger charge is -2.16. The average Bonchev–Trinajstić information content (AvgIpc) is 2.98. The number of hydrogen-bond donors (Lipinski definition) is 1. The van der Waals surface area contributed by atoms with Crippen molar-refractivity contribution in [3.8, 4) is 0 Å². The Labute approximate surface area is 144 Å². The first-order valence-electron chi connectivity index (χ1n) is 8.66. The van der Waals surface area contributed by atoms with E-state index in [0.29, 0.717) is 11.5 Å². The van der Waals surface area contributed by atoms with Gasteiger partial charge in [0.2, 0.25) is 0 Å². The zero-order chi connectivity index (χ0) is 17.7. The molecule has 1 N–H and O–H groups in total. The van der Waals surface area contributed by atoms with E-state index in [4.69, 9.17) is 0 Å². The van der Waals surface area contributed by atoms with Gasteiger partial charge in [0.05, 0.1) is 23.5 Å². The second kappa shape index (κ2) is 8.08. The summed E-state index contributed by atoms with van der Waals surface area (Å²) in [5.74, 6) is 0.775. The van der Waals surface area contributed by atoms with Gasteiger partial charge in [0, 0.05) is 18.9 Å². The van der Waals surface area contributed by atoms with Gasteiger partial charge in [-0.1, -0.05) is 33.8 Å². The molecule has 24 heavy (non-hydrogen) atoms. The van der Waals surface area contributed by atoms with Crippen LogP contribution < -0.4 is 5.32 Å². The van der Waals surface area contributed by atoms with E-state index in [9.17, 15) is 4.79 Å². The Balaban J connectivity index is 2.16. The van der Waals surface area contributed by atoms with Gasteiger partial charge >= 0.3 is 0 Å². The number of pyridine rings is 1. The highest BCUT2D eigenvalue weighted by atomic mass is 16.1. The standard InChI is InChI=1S/C19H28N4O/c1-13(2)8-10-23-18(14(3)4)17(12-21-23)19(24)22-15(5)16-7-6-9-20-11-16/h6-7,9,11-15H,8,10H2,1-5H3,(H,22,24)/t15-/m0/s1. The first-order valence-corrected chi connectivity index (χ1v) is 8.66. The van der Waals surface area contributed by atoms with Crippen LogP contribution in [0.25, 0.3) is 0 Å². The fraction of sp³-hybridized carbons (Fsp3) is 0.526. The van der Waals surface area contributed by atoms with E-state index in [1.807, 2.05) is 23.7 Å². The first kappa shape index (κ1) is 18.2. The smallest absolute Gasteiger partial charge is 0.255 e. The van der Waals surface area contributed by atoms with Crippen molar-refractivity contribution in [2.24, 2.45) is 5.92 Å². The normalized spacial score (nSPS) is 12.6. The molecule has 0 spiro atoms.